The number of piperidine rings is 1. The minimum Gasteiger partial charge on any atom is -0.277 e. The zero-order valence-electron chi connectivity index (χ0n) is 12.6. The van der Waals surface area contributed by atoms with E-state index in [1.165, 1.54) is 63.7 Å². The van der Waals surface area contributed by atoms with Crippen LogP contribution in [0, 0.1) is 0 Å². The van der Waals surface area contributed by atoms with E-state index in [0.29, 0.717) is 6.04 Å². The van der Waals surface area contributed by atoms with Gasteiger partial charge in [0.05, 0.1) is 5.69 Å². The molecule has 0 radical (unpaired) electrons. The van der Waals surface area contributed by atoms with Crippen LogP contribution >= 0.6 is 0 Å². The Morgan fingerprint density at radius 2 is 1.76 bits per heavy atom. The Labute approximate surface area is 126 Å². The zero-order chi connectivity index (χ0) is 14.1. The van der Waals surface area contributed by atoms with Crippen LogP contribution in [0.3, 0.4) is 0 Å². The Bertz CT molecular complexity index is 509. The molecule has 2 fully saturated rings. The van der Waals surface area contributed by atoms with Crippen molar-refractivity contribution in [2.45, 2.75) is 56.7 Å². The SMILES string of the molecule is c1ccc(N2N=N[C@@H]3CCCC[C@]32N2CCCCC2)cc1. The van der Waals surface area contributed by atoms with Gasteiger partial charge in [-0.15, -0.1) is 0 Å². The van der Waals surface area contributed by atoms with E-state index in [-0.39, 0.29) is 5.66 Å². The largest absolute Gasteiger partial charge is 0.277 e. The van der Waals surface area contributed by atoms with E-state index in [4.69, 9.17) is 0 Å². The fourth-order valence-electron chi connectivity index (χ4n) is 4.34. The first-order valence-electron chi connectivity index (χ1n) is 8.42. The van der Waals surface area contributed by atoms with Crippen LogP contribution in [-0.2, 0) is 0 Å². The van der Waals surface area contributed by atoms with Gasteiger partial charge in [-0.25, -0.2) is 5.01 Å². The van der Waals surface area contributed by atoms with E-state index in [1.54, 1.807) is 0 Å². The second kappa shape index (κ2) is 5.41. The Hall–Kier alpha value is -1.42. The minimum absolute atomic E-state index is 0.0139. The van der Waals surface area contributed by atoms with Crippen LogP contribution in [0.15, 0.2) is 40.7 Å². The number of hydrogen-bond acceptors (Lipinski definition) is 4. The molecule has 1 aromatic rings. The summed E-state index contributed by atoms with van der Waals surface area (Å²) in [6.45, 7) is 2.40. The third-order valence-electron chi connectivity index (χ3n) is 5.36. The highest BCUT2D eigenvalue weighted by atomic mass is 15.7. The summed E-state index contributed by atoms with van der Waals surface area (Å²) in [6.07, 6.45) is 8.97. The summed E-state index contributed by atoms with van der Waals surface area (Å²) in [5.41, 5.74) is 1.20. The number of para-hydroxylation sites is 1. The summed E-state index contributed by atoms with van der Waals surface area (Å²) in [5.74, 6) is 0. The predicted molar refractivity (Wildman–Crippen MR) is 84.2 cm³/mol. The van der Waals surface area contributed by atoms with Crippen molar-refractivity contribution in [3.63, 3.8) is 0 Å². The number of hydrogen-bond donors (Lipinski definition) is 0. The Balaban J connectivity index is 1.73. The van der Waals surface area contributed by atoms with Gasteiger partial charge in [-0.1, -0.05) is 36.3 Å². The van der Waals surface area contributed by atoms with Crippen LogP contribution in [0.4, 0.5) is 5.69 Å². The Kier molecular flexibility index (Phi) is 3.42. The first-order chi connectivity index (χ1) is 10.4. The number of nitrogens with zero attached hydrogens (tertiary/aromatic N) is 4. The highest BCUT2D eigenvalue weighted by molar-refractivity contribution is 5.49. The summed E-state index contributed by atoms with van der Waals surface area (Å²) >= 11 is 0. The molecule has 1 aromatic carbocycles. The van der Waals surface area contributed by atoms with Crippen LogP contribution in [0.2, 0.25) is 0 Å². The quantitative estimate of drug-likeness (QED) is 0.822. The molecule has 4 nitrogen and oxygen atoms in total. The molecule has 21 heavy (non-hydrogen) atoms. The Morgan fingerprint density at radius 1 is 0.952 bits per heavy atom. The molecule has 0 unspecified atom stereocenters. The van der Waals surface area contributed by atoms with Gasteiger partial charge >= 0.3 is 0 Å². The van der Waals surface area contributed by atoms with Gasteiger partial charge in [0.25, 0.3) is 0 Å². The van der Waals surface area contributed by atoms with Crippen molar-refractivity contribution < 1.29 is 0 Å². The van der Waals surface area contributed by atoms with Gasteiger partial charge in [0.1, 0.15) is 11.7 Å². The first kappa shape index (κ1) is 13.3. The van der Waals surface area contributed by atoms with Gasteiger partial charge < -0.3 is 0 Å². The van der Waals surface area contributed by atoms with E-state index < -0.39 is 0 Å². The maximum Gasteiger partial charge on any atom is 0.141 e. The number of anilines is 1. The lowest BCUT2D eigenvalue weighted by Crippen LogP contribution is -2.65. The van der Waals surface area contributed by atoms with Crippen molar-refractivity contribution in [1.82, 2.24) is 4.90 Å². The molecule has 2 aliphatic heterocycles. The summed E-state index contributed by atoms with van der Waals surface area (Å²) < 4.78 is 0. The fourth-order valence-corrected chi connectivity index (χ4v) is 4.34. The summed E-state index contributed by atoms with van der Waals surface area (Å²) in [6, 6.07) is 11.0. The molecule has 4 rings (SSSR count). The highest BCUT2D eigenvalue weighted by Crippen LogP contribution is 2.46. The summed E-state index contributed by atoms with van der Waals surface area (Å²) in [7, 11) is 0. The zero-order valence-corrected chi connectivity index (χ0v) is 12.6. The molecule has 0 amide bonds. The topological polar surface area (TPSA) is 31.2 Å². The van der Waals surface area contributed by atoms with E-state index in [9.17, 15) is 0 Å². The molecule has 0 aromatic heterocycles. The fraction of sp³-hybridized carbons (Fsp3) is 0.647. The highest BCUT2D eigenvalue weighted by Gasteiger charge is 2.54. The molecule has 1 aliphatic carbocycles. The molecule has 112 valence electrons. The van der Waals surface area contributed by atoms with Gasteiger partial charge in [0.2, 0.25) is 0 Å². The van der Waals surface area contributed by atoms with E-state index in [0.717, 1.165) is 0 Å². The lowest BCUT2D eigenvalue weighted by atomic mass is 9.81. The van der Waals surface area contributed by atoms with Gasteiger partial charge in [-0.05, 0) is 44.2 Å². The van der Waals surface area contributed by atoms with Crippen LogP contribution in [0.25, 0.3) is 0 Å². The van der Waals surface area contributed by atoms with Crippen molar-refractivity contribution in [2.75, 3.05) is 18.1 Å². The second-order valence-corrected chi connectivity index (χ2v) is 6.54. The first-order valence-corrected chi connectivity index (χ1v) is 8.42. The van der Waals surface area contributed by atoms with Crippen LogP contribution < -0.4 is 5.01 Å². The lowest BCUT2D eigenvalue weighted by molar-refractivity contribution is 0.0296. The number of fused-ring (bicyclic) bond motifs is 1. The van der Waals surface area contributed by atoms with Crippen LogP contribution in [0.5, 0.6) is 0 Å². The monoisotopic (exact) mass is 284 g/mol. The van der Waals surface area contributed by atoms with Crippen molar-refractivity contribution in [2.24, 2.45) is 10.3 Å². The average Bonchev–Trinajstić information content (AvgIpc) is 2.97. The van der Waals surface area contributed by atoms with E-state index in [2.05, 4.69) is 50.6 Å². The van der Waals surface area contributed by atoms with E-state index in [1.807, 2.05) is 0 Å². The lowest BCUT2D eigenvalue weighted by Gasteiger charge is -2.51. The van der Waals surface area contributed by atoms with Crippen molar-refractivity contribution >= 4 is 5.69 Å². The van der Waals surface area contributed by atoms with Gasteiger partial charge in [0.15, 0.2) is 0 Å². The predicted octanol–water partition coefficient (Wildman–Crippen LogP) is 4.00. The normalized spacial score (nSPS) is 33.1. The molecule has 2 heterocycles. The van der Waals surface area contributed by atoms with Gasteiger partial charge in [0, 0.05) is 13.1 Å². The molecule has 0 N–H and O–H groups in total. The van der Waals surface area contributed by atoms with Crippen molar-refractivity contribution in [3.05, 3.63) is 30.3 Å². The van der Waals surface area contributed by atoms with Gasteiger partial charge in [-0.2, -0.15) is 5.11 Å². The molecule has 4 heteroatoms. The average molecular weight is 284 g/mol. The number of likely N-dealkylation sites (tertiary alicyclic amines) is 1. The molecule has 1 saturated carbocycles. The molecule has 2 atom stereocenters. The molecule has 0 spiro atoms. The summed E-state index contributed by atoms with van der Waals surface area (Å²) in [5, 5.41) is 11.5. The van der Waals surface area contributed by atoms with Crippen molar-refractivity contribution in [3.8, 4) is 0 Å². The Morgan fingerprint density at radius 3 is 2.57 bits per heavy atom. The van der Waals surface area contributed by atoms with Crippen LogP contribution in [0.1, 0.15) is 44.9 Å². The van der Waals surface area contributed by atoms with Crippen LogP contribution in [-0.4, -0.2) is 29.7 Å². The van der Waals surface area contributed by atoms with E-state index >= 15 is 0 Å². The molecular formula is C17H24N4. The third-order valence-corrected chi connectivity index (χ3v) is 5.36. The molecular weight excluding hydrogens is 260 g/mol. The number of rotatable bonds is 2. The molecule has 0 bridgehead atoms. The minimum atomic E-state index is 0.0139. The maximum atomic E-state index is 4.67. The maximum absolute atomic E-state index is 4.67. The summed E-state index contributed by atoms with van der Waals surface area (Å²) in [4.78, 5) is 2.69. The van der Waals surface area contributed by atoms with Crippen molar-refractivity contribution in [1.29, 1.82) is 0 Å². The number of benzene rings is 1. The standard InChI is InChI=1S/C17H24N4/c1-3-9-15(10-4-1)21-17(20-13-7-2-8-14-20)12-6-5-11-16(17)18-19-21/h1,3-4,9-10,16H,2,5-8,11-14H2/t16-,17-/m1/s1. The third kappa shape index (κ3) is 2.08. The molecule has 1 saturated heterocycles. The molecule has 3 aliphatic rings. The van der Waals surface area contributed by atoms with Gasteiger partial charge in [-0.3, -0.25) is 4.90 Å². The second-order valence-electron chi connectivity index (χ2n) is 6.54. The smallest absolute Gasteiger partial charge is 0.141 e.